The van der Waals surface area contributed by atoms with Crippen LogP contribution in [0.15, 0.2) is 30.4 Å². The summed E-state index contributed by atoms with van der Waals surface area (Å²) in [5.74, 6) is -1.16. The van der Waals surface area contributed by atoms with E-state index in [4.69, 9.17) is 37.9 Å². The van der Waals surface area contributed by atoms with Gasteiger partial charge in [0, 0.05) is 18.4 Å². The summed E-state index contributed by atoms with van der Waals surface area (Å²) < 4.78 is 46.4. The summed E-state index contributed by atoms with van der Waals surface area (Å²) in [4.78, 5) is 24.0. The van der Waals surface area contributed by atoms with Gasteiger partial charge in [-0.15, -0.1) is 0 Å². The predicted molar refractivity (Wildman–Crippen MR) is 150 cm³/mol. The second-order valence-electron chi connectivity index (χ2n) is 11.6. The van der Waals surface area contributed by atoms with Gasteiger partial charge in [-0.2, -0.15) is 0 Å². The summed E-state index contributed by atoms with van der Waals surface area (Å²) in [5.41, 5.74) is 2.21. The minimum Gasteiger partial charge on any atom is -0.489 e. The molecule has 42 heavy (non-hydrogen) atoms. The molecule has 3 saturated heterocycles. The topological polar surface area (TPSA) is 128 Å². The Bertz CT molecular complexity index is 1100. The maximum Gasteiger partial charge on any atom is 0.331 e. The van der Waals surface area contributed by atoms with E-state index >= 15 is 0 Å². The van der Waals surface area contributed by atoms with Crippen molar-refractivity contribution >= 4 is 11.9 Å². The second kappa shape index (κ2) is 14.3. The van der Waals surface area contributed by atoms with E-state index in [0.29, 0.717) is 30.6 Å². The van der Waals surface area contributed by atoms with Crippen molar-refractivity contribution < 1.29 is 52.6 Å². The Hall–Kier alpha value is -2.54. The van der Waals surface area contributed by atoms with Gasteiger partial charge in [-0.25, -0.2) is 4.79 Å². The number of benzene rings is 1. The Labute approximate surface area is 247 Å². The quantitative estimate of drug-likeness (QED) is 0.301. The highest BCUT2D eigenvalue weighted by molar-refractivity contribution is 5.72. The monoisotopic (exact) mass is 592 g/mol. The average molecular weight is 593 g/mol. The molecule has 11 nitrogen and oxygen atoms in total. The number of carbonyl (C=O) groups excluding carboxylic acids is 2. The zero-order valence-electron chi connectivity index (χ0n) is 25.2. The van der Waals surface area contributed by atoms with Gasteiger partial charge in [-0.3, -0.25) is 4.79 Å². The van der Waals surface area contributed by atoms with Crippen molar-refractivity contribution in [1.82, 2.24) is 0 Å². The van der Waals surface area contributed by atoms with Gasteiger partial charge in [0.2, 0.25) is 0 Å². The molecule has 7 atom stereocenters. The van der Waals surface area contributed by atoms with Crippen LogP contribution in [-0.4, -0.2) is 93.5 Å². The Morgan fingerprint density at radius 2 is 1.86 bits per heavy atom. The van der Waals surface area contributed by atoms with Gasteiger partial charge in [-0.1, -0.05) is 12.6 Å². The van der Waals surface area contributed by atoms with Crippen LogP contribution in [-0.2, 0) is 49.2 Å². The average Bonchev–Trinajstić information content (AvgIpc) is 2.96. The Morgan fingerprint density at radius 3 is 2.60 bits per heavy atom. The van der Waals surface area contributed by atoms with Gasteiger partial charge in [0.25, 0.3) is 0 Å². The first kappa shape index (κ1) is 32.4. The molecule has 3 aliphatic heterocycles. The standard InChI is InChI=1S/C31H44O11/c1-18(11-25-22(32)9-7-19(2)40-25)15-37-23-10-8-20(13-28(33)35-5)12-21(23)24-14-26(38-17-29(34)36-6)30-27(41-24)16-39-31(3,4)42-30/h8,10,12,19,22,24-27,30,32H,1,7,9,11,13-17H2,2-6H3/t19-,22?,24?,25?,26?,27?,30?/m0/s1. The number of carbonyl (C=O) groups is 2. The minimum atomic E-state index is -0.841. The summed E-state index contributed by atoms with van der Waals surface area (Å²) in [6.07, 6.45) is -0.336. The van der Waals surface area contributed by atoms with E-state index in [0.717, 1.165) is 17.6 Å². The lowest BCUT2D eigenvalue weighted by Crippen LogP contribution is -2.58. The summed E-state index contributed by atoms with van der Waals surface area (Å²) in [6.45, 7) is 10.0. The molecule has 1 aromatic rings. The highest BCUT2D eigenvalue weighted by Gasteiger charge is 2.48. The lowest BCUT2D eigenvalue weighted by Gasteiger charge is -2.48. The molecule has 3 heterocycles. The van der Waals surface area contributed by atoms with E-state index in [2.05, 4.69) is 6.58 Å². The van der Waals surface area contributed by atoms with Crippen LogP contribution in [0.1, 0.15) is 63.7 Å². The molecule has 1 N–H and O–H groups in total. The molecule has 0 amide bonds. The molecule has 3 aliphatic rings. The number of esters is 2. The van der Waals surface area contributed by atoms with Gasteiger partial charge in [0.1, 0.15) is 31.2 Å². The van der Waals surface area contributed by atoms with Crippen molar-refractivity contribution in [3.05, 3.63) is 41.5 Å². The van der Waals surface area contributed by atoms with Crippen molar-refractivity contribution in [2.24, 2.45) is 0 Å². The summed E-state index contributed by atoms with van der Waals surface area (Å²) in [6, 6.07) is 5.47. The molecule has 0 aromatic heterocycles. The predicted octanol–water partition coefficient (Wildman–Crippen LogP) is 3.20. The van der Waals surface area contributed by atoms with Crippen molar-refractivity contribution in [2.75, 3.05) is 34.0 Å². The van der Waals surface area contributed by atoms with Crippen LogP contribution in [0, 0.1) is 0 Å². The summed E-state index contributed by atoms with van der Waals surface area (Å²) >= 11 is 0. The van der Waals surface area contributed by atoms with Crippen LogP contribution in [0.25, 0.3) is 0 Å². The third-order valence-corrected chi connectivity index (χ3v) is 7.80. The van der Waals surface area contributed by atoms with Gasteiger partial charge < -0.3 is 43.0 Å². The third-order valence-electron chi connectivity index (χ3n) is 7.80. The van der Waals surface area contributed by atoms with Gasteiger partial charge in [0.05, 0.1) is 57.8 Å². The fourth-order valence-electron chi connectivity index (χ4n) is 5.54. The second-order valence-corrected chi connectivity index (χ2v) is 11.6. The lowest BCUT2D eigenvalue weighted by molar-refractivity contribution is -0.348. The van der Waals surface area contributed by atoms with Gasteiger partial charge >= 0.3 is 11.9 Å². The van der Waals surface area contributed by atoms with Crippen LogP contribution in [0.3, 0.4) is 0 Å². The molecule has 0 aliphatic carbocycles. The highest BCUT2D eigenvalue weighted by atomic mass is 16.7. The van der Waals surface area contributed by atoms with Crippen LogP contribution in [0.4, 0.5) is 0 Å². The maximum atomic E-state index is 12.1. The van der Waals surface area contributed by atoms with Crippen molar-refractivity contribution in [2.45, 2.75) is 101 Å². The number of ether oxygens (including phenoxy) is 8. The number of methoxy groups -OCH3 is 2. The molecule has 3 fully saturated rings. The van der Waals surface area contributed by atoms with Crippen LogP contribution in [0.2, 0.25) is 0 Å². The van der Waals surface area contributed by atoms with Crippen molar-refractivity contribution in [3.8, 4) is 5.75 Å². The van der Waals surface area contributed by atoms with Crippen LogP contribution >= 0.6 is 0 Å². The number of fused-ring (bicyclic) bond motifs is 1. The third kappa shape index (κ3) is 8.52. The van der Waals surface area contributed by atoms with E-state index in [-0.39, 0.29) is 44.4 Å². The maximum absolute atomic E-state index is 12.1. The number of rotatable bonds is 11. The summed E-state index contributed by atoms with van der Waals surface area (Å²) in [7, 11) is 2.65. The normalized spacial score (nSPS) is 30.6. The lowest BCUT2D eigenvalue weighted by atomic mass is 9.91. The molecule has 0 spiro atoms. The zero-order chi connectivity index (χ0) is 30.4. The van der Waals surface area contributed by atoms with Crippen molar-refractivity contribution in [3.63, 3.8) is 0 Å². The minimum absolute atomic E-state index is 0.0764. The Balaban J connectivity index is 1.54. The largest absolute Gasteiger partial charge is 0.489 e. The first-order valence-electron chi connectivity index (χ1n) is 14.5. The smallest absolute Gasteiger partial charge is 0.331 e. The molecule has 234 valence electrons. The van der Waals surface area contributed by atoms with Crippen LogP contribution < -0.4 is 4.74 Å². The molecule has 0 bridgehead atoms. The molecule has 0 saturated carbocycles. The van der Waals surface area contributed by atoms with E-state index < -0.39 is 42.3 Å². The Morgan fingerprint density at radius 1 is 1.10 bits per heavy atom. The first-order valence-corrected chi connectivity index (χ1v) is 14.5. The van der Waals surface area contributed by atoms with E-state index in [1.807, 2.05) is 26.8 Å². The highest BCUT2D eigenvalue weighted by Crippen LogP contribution is 2.42. The van der Waals surface area contributed by atoms with Crippen molar-refractivity contribution in [1.29, 1.82) is 0 Å². The molecular weight excluding hydrogens is 548 g/mol. The molecule has 4 rings (SSSR count). The van der Waals surface area contributed by atoms with E-state index in [1.54, 1.807) is 12.1 Å². The molecule has 1 aromatic carbocycles. The number of aliphatic hydroxyl groups excluding tert-OH is 1. The molecular formula is C31H44O11. The summed E-state index contributed by atoms with van der Waals surface area (Å²) in [5, 5.41) is 10.4. The number of hydrogen-bond donors (Lipinski definition) is 1. The number of aliphatic hydroxyl groups is 1. The molecule has 0 radical (unpaired) electrons. The van der Waals surface area contributed by atoms with E-state index in [1.165, 1.54) is 14.2 Å². The number of hydrogen-bond acceptors (Lipinski definition) is 11. The van der Waals surface area contributed by atoms with Crippen LogP contribution in [0.5, 0.6) is 5.75 Å². The van der Waals surface area contributed by atoms with E-state index in [9.17, 15) is 14.7 Å². The fourth-order valence-corrected chi connectivity index (χ4v) is 5.54. The SMILES string of the molecule is C=C(COc1ccc(CC(=O)OC)cc1C1CC(OCC(=O)OC)C2OC(C)(C)OCC2O1)CC1O[C@@H](C)CCC1O. The van der Waals surface area contributed by atoms with Gasteiger partial charge in [-0.05, 0) is 56.9 Å². The first-order chi connectivity index (χ1) is 20.0. The molecule has 6 unspecified atom stereocenters. The zero-order valence-corrected chi connectivity index (χ0v) is 25.2. The molecule has 11 heteroatoms. The van der Waals surface area contributed by atoms with Gasteiger partial charge in [0.15, 0.2) is 5.79 Å². The fraction of sp³-hybridized carbons (Fsp3) is 0.677. The Kier molecular flexibility index (Phi) is 11.0.